The largest absolute Gasteiger partial charge is 0.497 e. The van der Waals surface area contributed by atoms with Gasteiger partial charge < -0.3 is 14.9 Å². The molecule has 3 rings (SSSR count). The molecule has 1 aromatic rings. The molecular weight excluding hydrogens is 382 g/mol. The molecule has 1 aromatic carbocycles. The predicted octanol–water partition coefficient (Wildman–Crippen LogP) is 2.23. The molecule has 9 heteroatoms. The fraction of sp³-hybridized carbons (Fsp3) is 0.579. The van der Waals surface area contributed by atoms with Crippen molar-refractivity contribution in [3.05, 3.63) is 24.3 Å². The Morgan fingerprint density at radius 1 is 1.36 bits per heavy atom. The molecule has 0 aliphatic carbocycles. The van der Waals surface area contributed by atoms with Crippen molar-refractivity contribution in [1.29, 1.82) is 0 Å². The maximum absolute atomic E-state index is 12.6. The van der Waals surface area contributed by atoms with Crippen LogP contribution in [0, 0.1) is 5.92 Å². The Morgan fingerprint density at radius 2 is 2.07 bits per heavy atom. The third-order valence-corrected chi connectivity index (χ3v) is 7.08. The zero-order valence-electron chi connectivity index (χ0n) is 16.5. The van der Waals surface area contributed by atoms with Gasteiger partial charge in [-0.1, -0.05) is 19.0 Å². The van der Waals surface area contributed by atoms with Gasteiger partial charge in [-0.25, -0.2) is 8.42 Å². The highest BCUT2D eigenvalue weighted by Gasteiger charge is 2.47. The van der Waals surface area contributed by atoms with Gasteiger partial charge in [0.2, 0.25) is 10.0 Å². The molecule has 1 spiro atoms. The summed E-state index contributed by atoms with van der Waals surface area (Å²) in [6.07, 6.45) is 1.65. The van der Waals surface area contributed by atoms with Crippen molar-refractivity contribution in [3.8, 4) is 5.75 Å². The number of nitrogens with zero attached hydrogens (tertiary/aromatic N) is 2. The van der Waals surface area contributed by atoms with E-state index in [2.05, 4.69) is 10.5 Å². The van der Waals surface area contributed by atoms with Crippen LogP contribution in [0.5, 0.6) is 5.75 Å². The van der Waals surface area contributed by atoms with Gasteiger partial charge in [-0.3, -0.25) is 4.79 Å². The molecule has 1 fully saturated rings. The van der Waals surface area contributed by atoms with Gasteiger partial charge in [0.15, 0.2) is 5.60 Å². The van der Waals surface area contributed by atoms with Crippen molar-refractivity contribution in [1.82, 2.24) is 4.31 Å². The summed E-state index contributed by atoms with van der Waals surface area (Å²) in [6.45, 7) is 4.47. The Morgan fingerprint density at radius 3 is 2.71 bits per heavy atom. The van der Waals surface area contributed by atoms with Crippen molar-refractivity contribution in [2.24, 2.45) is 11.1 Å². The maximum atomic E-state index is 12.6. The average molecular weight is 410 g/mol. The van der Waals surface area contributed by atoms with Gasteiger partial charge in [0, 0.05) is 18.7 Å². The molecule has 1 saturated heterocycles. The SMILES string of the molecule is COc1ccc(NC(=O)C2=NO[C@]3(CCCN(S(=O)(=O)CC(C)C)C3)C2)cc1. The van der Waals surface area contributed by atoms with Crippen LogP contribution in [0.1, 0.15) is 33.1 Å². The molecular formula is C19H27N3O5S. The van der Waals surface area contributed by atoms with Gasteiger partial charge in [0.1, 0.15) is 11.5 Å². The van der Waals surface area contributed by atoms with Gasteiger partial charge >= 0.3 is 0 Å². The van der Waals surface area contributed by atoms with Crippen molar-refractivity contribution in [3.63, 3.8) is 0 Å². The second-order valence-corrected chi connectivity index (χ2v) is 9.79. The first-order valence-electron chi connectivity index (χ1n) is 9.41. The van der Waals surface area contributed by atoms with Crippen LogP contribution in [0.25, 0.3) is 0 Å². The highest BCUT2D eigenvalue weighted by atomic mass is 32.2. The monoisotopic (exact) mass is 409 g/mol. The average Bonchev–Trinajstić information content (AvgIpc) is 3.05. The van der Waals surface area contributed by atoms with Crippen molar-refractivity contribution < 1.29 is 22.8 Å². The number of carbonyl (C=O) groups excluding carboxylic acids is 1. The Bertz CT molecular complexity index is 851. The molecule has 8 nitrogen and oxygen atoms in total. The van der Waals surface area contributed by atoms with Gasteiger partial charge in [-0.05, 0) is 43.0 Å². The maximum Gasteiger partial charge on any atom is 0.273 e. The second-order valence-electron chi connectivity index (χ2n) is 7.78. The lowest BCUT2D eigenvalue weighted by atomic mass is 9.89. The van der Waals surface area contributed by atoms with Gasteiger partial charge in [0.25, 0.3) is 5.91 Å². The van der Waals surface area contributed by atoms with Gasteiger partial charge in [0.05, 0.1) is 19.4 Å². The van der Waals surface area contributed by atoms with Gasteiger partial charge in [-0.15, -0.1) is 0 Å². The first-order chi connectivity index (χ1) is 13.2. The molecule has 0 unspecified atom stereocenters. The molecule has 1 atom stereocenters. The summed E-state index contributed by atoms with van der Waals surface area (Å²) in [5.74, 6) is 0.511. The number of piperidine rings is 1. The lowest BCUT2D eigenvalue weighted by Crippen LogP contribution is -2.51. The van der Waals surface area contributed by atoms with E-state index in [0.717, 1.165) is 0 Å². The van der Waals surface area contributed by atoms with E-state index in [9.17, 15) is 13.2 Å². The van der Waals surface area contributed by atoms with Crippen molar-refractivity contribution >= 4 is 27.3 Å². The minimum atomic E-state index is -3.35. The molecule has 1 amide bonds. The molecule has 28 heavy (non-hydrogen) atoms. The van der Waals surface area contributed by atoms with Crippen LogP contribution >= 0.6 is 0 Å². The van der Waals surface area contributed by atoms with Crippen LogP contribution in [-0.2, 0) is 19.7 Å². The Balaban J connectivity index is 1.63. The van der Waals surface area contributed by atoms with E-state index in [1.54, 1.807) is 31.4 Å². The van der Waals surface area contributed by atoms with E-state index in [4.69, 9.17) is 9.57 Å². The van der Waals surface area contributed by atoms with Crippen molar-refractivity contribution in [2.45, 2.75) is 38.7 Å². The molecule has 2 heterocycles. The summed E-state index contributed by atoms with van der Waals surface area (Å²) in [5.41, 5.74) is 0.146. The number of hydrogen-bond donors (Lipinski definition) is 1. The van der Waals surface area contributed by atoms with E-state index in [0.29, 0.717) is 37.2 Å². The number of oxime groups is 1. The zero-order chi connectivity index (χ0) is 20.4. The van der Waals surface area contributed by atoms with E-state index in [-0.39, 0.29) is 29.8 Å². The highest BCUT2D eigenvalue weighted by Crippen LogP contribution is 2.35. The molecule has 0 bridgehead atoms. The normalized spacial score (nSPS) is 22.8. The standard InChI is InChI=1S/C19H27N3O5S/c1-14(2)12-28(24,25)22-10-4-9-19(13-22)11-17(21-27-19)18(23)20-15-5-7-16(26-3)8-6-15/h5-8,14H,4,9-13H2,1-3H3,(H,20,23)/t19-/m1/s1. The minimum absolute atomic E-state index is 0.0504. The van der Waals surface area contributed by atoms with E-state index < -0.39 is 15.6 Å². The fourth-order valence-electron chi connectivity index (χ4n) is 3.56. The number of carbonyl (C=O) groups is 1. The summed E-state index contributed by atoms with van der Waals surface area (Å²) in [5, 5.41) is 6.77. The molecule has 154 valence electrons. The summed E-state index contributed by atoms with van der Waals surface area (Å²) in [7, 11) is -1.77. The van der Waals surface area contributed by atoms with Crippen molar-refractivity contribution in [2.75, 3.05) is 31.3 Å². The third kappa shape index (κ3) is 4.64. The number of benzene rings is 1. The second kappa shape index (κ2) is 8.08. The Hall–Kier alpha value is -2.13. The van der Waals surface area contributed by atoms with Crippen LogP contribution in [0.15, 0.2) is 29.4 Å². The number of anilines is 1. The topological polar surface area (TPSA) is 97.3 Å². The first-order valence-corrected chi connectivity index (χ1v) is 11.0. The number of nitrogens with one attached hydrogen (secondary N) is 1. The number of amides is 1. The molecule has 0 saturated carbocycles. The number of sulfonamides is 1. The van der Waals surface area contributed by atoms with Crippen LogP contribution in [0.3, 0.4) is 0 Å². The predicted molar refractivity (Wildman–Crippen MR) is 107 cm³/mol. The molecule has 1 N–H and O–H groups in total. The van der Waals surface area contributed by atoms with Crippen LogP contribution in [-0.4, -0.2) is 55.9 Å². The zero-order valence-corrected chi connectivity index (χ0v) is 17.3. The van der Waals surface area contributed by atoms with E-state index in [1.165, 1.54) is 4.31 Å². The van der Waals surface area contributed by atoms with Gasteiger partial charge in [-0.2, -0.15) is 4.31 Å². The van der Waals surface area contributed by atoms with E-state index in [1.807, 2.05) is 13.8 Å². The lowest BCUT2D eigenvalue weighted by molar-refractivity contribution is -0.110. The summed E-state index contributed by atoms with van der Waals surface area (Å²) >= 11 is 0. The van der Waals surface area contributed by atoms with E-state index >= 15 is 0 Å². The smallest absolute Gasteiger partial charge is 0.273 e. The number of hydrogen-bond acceptors (Lipinski definition) is 6. The highest BCUT2D eigenvalue weighted by molar-refractivity contribution is 7.89. The van der Waals surface area contributed by atoms with Crippen LogP contribution in [0.2, 0.25) is 0 Å². The molecule has 0 radical (unpaired) electrons. The minimum Gasteiger partial charge on any atom is -0.497 e. The number of rotatable bonds is 6. The molecule has 0 aromatic heterocycles. The summed E-state index contributed by atoms with van der Waals surface area (Å²) in [4.78, 5) is 18.2. The number of methoxy groups -OCH3 is 1. The first kappa shape index (κ1) is 20.6. The Kier molecular flexibility index (Phi) is 5.95. The van der Waals surface area contributed by atoms with Crippen LogP contribution in [0.4, 0.5) is 5.69 Å². The summed E-state index contributed by atoms with van der Waals surface area (Å²) < 4.78 is 31.8. The molecule has 2 aliphatic heterocycles. The fourth-order valence-corrected chi connectivity index (χ4v) is 5.45. The number of ether oxygens (including phenoxy) is 1. The van der Waals surface area contributed by atoms with Crippen LogP contribution < -0.4 is 10.1 Å². The summed E-state index contributed by atoms with van der Waals surface area (Å²) in [6, 6.07) is 6.98. The Labute approximate surface area is 165 Å². The third-order valence-electron chi connectivity index (χ3n) is 4.89. The lowest BCUT2D eigenvalue weighted by Gasteiger charge is -2.37. The molecule has 2 aliphatic rings. The quantitative estimate of drug-likeness (QED) is 0.777.